The molecule has 10 N–H and O–H groups in total. The number of nitrogens with zero attached hydrogens (tertiary/aromatic N) is 3. The van der Waals surface area contributed by atoms with Gasteiger partial charge in [-0.15, -0.1) is 0 Å². The fraction of sp³-hybridized carbons (Fsp3) is 0.667. The number of alkyl halides is 3. The minimum Gasteiger partial charge on any atom is -0.542 e. The number of likely N-dealkylation sites (tertiary alicyclic amines) is 1. The Balaban J connectivity index is 0.00000269. The van der Waals surface area contributed by atoms with Gasteiger partial charge < -0.3 is 62.2 Å². The van der Waals surface area contributed by atoms with Crippen molar-refractivity contribution in [3.05, 3.63) is 29.8 Å². The first-order valence-corrected chi connectivity index (χ1v) is 21.1. The lowest BCUT2D eigenvalue weighted by molar-refractivity contribution is -0.870. The van der Waals surface area contributed by atoms with Crippen LogP contribution in [-0.2, 0) is 40.0 Å². The number of carboxylic acids is 2. The molecule has 0 unspecified atom stereocenters. The van der Waals surface area contributed by atoms with Crippen molar-refractivity contribution in [1.29, 1.82) is 0 Å². The van der Waals surface area contributed by atoms with E-state index in [0.717, 1.165) is 17.4 Å². The molecule has 0 bridgehead atoms. The van der Waals surface area contributed by atoms with Crippen LogP contribution in [0.15, 0.2) is 29.3 Å². The van der Waals surface area contributed by atoms with Crippen LogP contribution in [0.5, 0.6) is 5.75 Å². The summed E-state index contributed by atoms with van der Waals surface area (Å²) in [6.07, 6.45) is -1.90. The number of halogens is 3. The molecule has 0 aliphatic carbocycles. The third kappa shape index (κ3) is 21.6. The van der Waals surface area contributed by atoms with Gasteiger partial charge in [-0.2, -0.15) is 13.2 Å². The van der Waals surface area contributed by atoms with Crippen molar-refractivity contribution in [2.75, 3.05) is 40.8 Å². The van der Waals surface area contributed by atoms with Crippen LogP contribution in [0.4, 0.5) is 13.2 Å². The number of guanidine groups is 1. The molecule has 1 aliphatic heterocycles. The van der Waals surface area contributed by atoms with Crippen molar-refractivity contribution >= 4 is 47.4 Å². The van der Waals surface area contributed by atoms with Crippen LogP contribution >= 0.6 is 0 Å². The zero-order valence-corrected chi connectivity index (χ0v) is 38.0. The maximum Gasteiger partial charge on any atom is 0.430 e. The van der Waals surface area contributed by atoms with E-state index < -0.39 is 77.4 Å². The topological polar surface area (TPSA) is 299 Å². The highest BCUT2D eigenvalue weighted by Gasteiger charge is 2.41. The van der Waals surface area contributed by atoms with E-state index in [1.54, 1.807) is 32.9 Å². The average molecular weight is 916 g/mol. The Morgan fingerprint density at radius 2 is 1.48 bits per heavy atom. The number of hydrogen-bond donors (Lipinski definition) is 8. The molecule has 0 saturated carbocycles. The molecule has 5 amide bonds. The molecule has 1 aliphatic rings. The molecule has 22 heteroatoms. The number of quaternary nitrogens is 1. The summed E-state index contributed by atoms with van der Waals surface area (Å²) in [7, 11) is 6.22. The number of phenols is 1. The van der Waals surface area contributed by atoms with Gasteiger partial charge in [-0.25, -0.2) is 4.79 Å². The van der Waals surface area contributed by atoms with Gasteiger partial charge in [0.1, 0.15) is 41.9 Å². The van der Waals surface area contributed by atoms with E-state index in [0.29, 0.717) is 31.2 Å². The number of hydrogen-bond acceptors (Lipinski definition) is 10. The van der Waals surface area contributed by atoms with Crippen molar-refractivity contribution in [3.8, 4) is 5.75 Å². The Morgan fingerprint density at radius 3 is 1.98 bits per heavy atom. The van der Waals surface area contributed by atoms with Crippen LogP contribution in [0.1, 0.15) is 91.5 Å². The Morgan fingerprint density at radius 1 is 0.891 bits per heavy atom. The number of carbonyl (C=O) groups excluding carboxylic acids is 6. The van der Waals surface area contributed by atoms with Crippen molar-refractivity contribution in [2.24, 2.45) is 27.8 Å². The highest BCUT2D eigenvalue weighted by Crippen LogP contribution is 2.23. The molecule has 1 aromatic carbocycles. The van der Waals surface area contributed by atoms with Crippen molar-refractivity contribution in [2.45, 2.75) is 129 Å². The normalized spacial score (nSPS) is 15.9. The van der Waals surface area contributed by atoms with E-state index in [1.165, 1.54) is 17.0 Å². The minimum absolute atomic E-state index is 0.00634. The third-order valence-electron chi connectivity index (χ3n) is 9.88. The third-order valence-corrected chi connectivity index (χ3v) is 9.88. The second-order valence-corrected chi connectivity index (χ2v) is 18.3. The summed E-state index contributed by atoms with van der Waals surface area (Å²) in [6, 6.07) is 0.607. The number of aromatic hydroxyl groups is 1. The molecule has 1 fully saturated rings. The molecule has 1 aromatic rings. The Kier molecular flexibility index (Phi) is 22.5. The quantitative estimate of drug-likeness (QED) is 0.0337. The lowest BCUT2D eigenvalue weighted by Gasteiger charge is -2.33. The van der Waals surface area contributed by atoms with Gasteiger partial charge in [0.05, 0.1) is 27.7 Å². The van der Waals surface area contributed by atoms with E-state index in [1.807, 2.05) is 13.8 Å². The van der Waals surface area contributed by atoms with E-state index >= 15 is 0 Å². The Bertz CT molecular complexity index is 1760. The van der Waals surface area contributed by atoms with Gasteiger partial charge in [-0.1, -0.05) is 46.8 Å². The number of rotatable bonds is 22. The number of carboxylic acid groups (broad SMARTS) is 2. The highest BCUT2D eigenvalue weighted by molar-refractivity contribution is 5.96. The Labute approximate surface area is 372 Å². The highest BCUT2D eigenvalue weighted by atomic mass is 19.4. The number of nitrogens with two attached hydrogens (primary N) is 2. The van der Waals surface area contributed by atoms with Gasteiger partial charge in [0.15, 0.2) is 5.96 Å². The van der Waals surface area contributed by atoms with Crippen LogP contribution < -0.4 is 37.8 Å². The van der Waals surface area contributed by atoms with Crippen LogP contribution in [0.2, 0.25) is 0 Å². The van der Waals surface area contributed by atoms with E-state index in [-0.39, 0.29) is 62.3 Å². The van der Waals surface area contributed by atoms with Gasteiger partial charge >= 0.3 is 12.1 Å². The molecule has 2 rings (SSSR count). The van der Waals surface area contributed by atoms with Crippen LogP contribution in [0, 0.1) is 11.3 Å². The number of aliphatic carboxylic acids is 2. The number of carbonyl (C=O) groups is 7. The zero-order chi connectivity index (χ0) is 49.2. The standard InChI is InChI=1S/C40H67N9O8.C2HF3O2/c1-25(2)23-30(38(56)57)46-36(54)33(40(3,4)5)47-34(52)29(24-26-16-18-27(50)19-17-26)45-35(53)31-14-12-21-48(31)37(55)28(13-11-20-43-39(41)42)44-32(51)15-9-10-22-49(6,7)8;3-2(4,5)1(6)7/h16-19,25,28-31,33H,9-15,20-24H2,1-8H3,(H9-,41,42,43,44,45,46,47,50,51,52,53,54,56,57);(H,6,7)/t28-,29-,30-,31-,33+;/m0./s1. The van der Waals surface area contributed by atoms with Crippen molar-refractivity contribution in [1.82, 2.24) is 26.2 Å². The summed E-state index contributed by atoms with van der Waals surface area (Å²) in [5, 5.41) is 39.4. The van der Waals surface area contributed by atoms with E-state index in [4.69, 9.17) is 21.4 Å². The van der Waals surface area contributed by atoms with Gasteiger partial charge in [0, 0.05) is 25.9 Å². The summed E-state index contributed by atoms with van der Waals surface area (Å²) in [6.45, 7) is 10.2. The van der Waals surface area contributed by atoms with Gasteiger partial charge in [0.25, 0.3) is 0 Å². The smallest absolute Gasteiger partial charge is 0.430 e. The summed E-state index contributed by atoms with van der Waals surface area (Å²) >= 11 is 0. The second kappa shape index (κ2) is 25.6. The summed E-state index contributed by atoms with van der Waals surface area (Å²) < 4.78 is 32.3. The first-order valence-electron chi connectivity index (χ1n) is 21.1. The molecule has 1 saturated heterocycles. The number of benzene rings is 1. The first kappa shape index (κ1) is 56.3. The number of aliphatic imine (C=N–C) groups is 1. The number of phenolic OH excluding ortho intramolecular Hbond substituents is 1. The largest absolute Gasteiger partial charge is 0.542 e. The maximum absolute atomic E-state index is 14.1. The van der Waals surface area contributed by atoms with Gasteiger partial charge in [-0.05, 0) is 74.0 Å². The Hall–Kier alpha value is -5.67. The predicted molar refractivity (Wildman–Crippen MR) is 229 cm³/mol. The van der Waals surface area contributed by atoms with Crippen molar-refractivity contribution < 1.29 is 66.5 Å². The molecular formula is C42H68F3N9O10. The second-order valence-electron chi connectivity index (χ2n) is 18.3. The lowest BCUT2D eigenvalue weighted by Crippen LogP contribution is -2.61. The summed E-state index contributed by atoms with van der Waals surface area (Å²) in [5.74, 6) is -7.01. The minimum atomic E-state index is -5.19. The average Bonchev–Trinajstić information content (AvgIpc) is 3.66. The predicted octanol–water partition coefficient (Wildman–Crippen LogP) is 0.270. The molecule has 64 heavy (non-hydrogen) atoms. The molecule has 0 spiro atoms. The van der Waals surface area contributed by atoms with E-state index in [2.05, 4.69) is 47.4 Å². The van der Waals surface area contributed by atoms with Crippen LogP contribution in [0.3, 0.4) is 0 Å². The van der Waals surface area contributed by atoms with Gasteiger partial charge in [-0.3, -0.25) is 29.0 Å². The maximum atomic E-state index is 14.1. The summed E-state index contributed by atoms with van der Waals surface area (Å²) in [4.78, 5) is 95.1. The van der Waals surface area contributed by atoms with Gasteiger partial charge in [0.2, 0.25) is 29.5 Å². The molecular weight excluding hydrogens is 848 g/mol. The monoisotopic (exact) mass is 916 g/mol. The summed E-state index contributed by atoms with van der Waals surface area (Å²) in [5.41, 5.74) is 10.7. The molecule has 1 heterocycles. The SMILES string of the molecule is CC(C)C[C@H](NC(=O)[C@@H](NC(=O)[C@H](Cc1ccc(O)cc1)NC(=O)[C@@H]1CCCN1C(=O)[C@H](CCCN=C(N)N)NC(=O)CCCC[N+](C)(C)C)C(C)(C)C)C(=O)O.O=C([O-])C(F)(F)F. The van der Waals surface area contributed by atoms with E-state index in [9.17, 15) is 52.2 Å². The number of unbranched alkanes of at least 4 members (excludes halogenated alkanes) is 1. The molecule has 5 atom stereocenters. The zero-order valence-electron chi connectivity index (χ0n) is 38.0. The van der Waals surface area contributed by atoms with Crippen LogP contribution in [0.25, 0.3) is 0 Å². The fourth-order valence-corrected chi connectivity index (χ4v) is 6.61. The number of nitrogens with one attached hydrogen (secondary N) is 4. The van der Waals surface area contributed by atoms with Crippen LogP contribution in [-0.4, -0.2) is 144 Å². The molecule has 0 aromatic heterocycles. The fourth-order valence-electron chi connectivity index (χ4n) is 6.61. The molecule has 0 radical (unpaired) electrons. The lowest BCUT2D eigenvalue weighted by atomic mass is 9.85. The number of amides is 5. The molecule has 362 valence electrons. The molecule has 19 nitrogen and oxygen atoms in total. The first-order chi connectivity index (χ1) is 29.4. The van der Waals surface area contributed by atoms with Crippen molar-refractivity contribution in [3.63, 3.8) is 0 Å².